The molecule has 2 aromatic heterocycles. The molecule has 2 aromatic carbocycles. The van der Waals surface area contributed by atoms with Gasteiger partial charge in [0, 0.05) is 21.5 Å². The van der Waals surface area contributed by atoms with Gasteiger partial charge in [0.2, 0.25) is 0 Å². The number of H-pyrrole nitrogens is 2. The van der Waals surface area contributed by atoms with Crippen molar-refractivity contribution in [1.82, 2.24) is 14.6 Å². The van der Waals surface area contributed by atoms with Gasteiger partial charge in [-0.25, -0.2) is 4.79 Å². The zero-order valence-electron chi connectivity index (χ0n) is 13.9. The molecule has 136 valence electrons. The minimum absolute atomic E-state index is 0.234. The van der Waals surface area contributed by atoms with Gasteiger partial charge in [-0.2, -0.15) is 5.10 Å². The Morgan fingerprint density at radius 3 is 2.63 bits per heavy atom. The molecule has 0 aliphatic rings. The van der Waals surface area contributed by atoms with Gasteiger partial charge in [-0.3, -0.25) is 4.79 Å². The average molecular weight is 403 g/mol. The first kappa shape index (κ1) is 17.4. The second-order valence-corrected chi connectivity index (χ2v) is 6.59. The van der Waals surface area contributed by atoms with Crippen LogP contribution in [0.15, 0.2) is 51.1 Å². The highest BCUT2D eigenvalue weighted by atomic mass is 35.5. The Balaban J connectivity index is 1.89. The standard InChI is InChI=1S/C18H12Cl2N4O3/c1-27-11-4-5-14-12(7-11)15-16(22-14)17(25)24(18(26)23-15)21-8-9-2-3-10(19)6-13(9)20/h2-8,22H,1H3,(H,23,26)/b21-8-. The van der Waals surface area contributed by atoms with E-state index in [0.717, 1.165) is 4.68 Å². The van der Waals surface area contributed by atoms with Crippen LogP contribution < -0.4 is 16.0 Å². The summed E-state index contributed by atoms with van der Waals surface area (Å²) in [6, 6.07) is 10.1. The maximum absolute atomic E-state index is 12.7. The Morgan fingerprint density at radius 2 is 1.89 bits per heavy atom. The van der Waals surface area contributed by atoms with Crippen LogP contribution >= 0.6 is 23.2 Å². The molecule has 0 radical (unpaired) electrons. The fourth-order valence-corrected chi connectivity index (χ4v) is 3.23. The quantitative estimate of drug-likeness (QED) is 0.514. The second kappa shape index (κ2) is 6.61. The lowest BCUT2D eigenvalue weighted by atomic mass is 10.2. The summed E-state index contributed by atoms with van der Waals surface area (Å²) in [7, 11) is 1.54. The molecule has 2 heterocycles. The highest BCUT2D eigenvalue weighted by Crippen LogP contribution is 2.25. The zero-order chi connectivity index (χ0) is 19.1. The van der Waals surface area contributed by atoms with Crippen LogP contribution in [-0.4, -0.2) is 28.0 Å². The van der Waals surface area contributed by atoms with E-state index in [4.69, 9.17) is 27.9 Å². The number of nitrogens with one attached hydrogen (secondary N) is 2. The summed E-state index contributed by atoms with van der Waals surface area (Å²) in [6.07, 6.45) is 1.33. The largest absolute Gasteiger partial charge is 0.497 e. The average Bonchev–Trinajstić information content (AvgIpc) is 3.01. The summed E-state index contributed by atoms with van der Waals surface area (Å²) in [5.74, 6) is 0.615. The van der Waals surface area contributed by atoms with Crippen LogP contribution in [0.3, 0.4) is 0 Å². The molecule has 0 atom stereocenters. The molecule has 0 bridgehead atoms. The van der Waals surface area contributed by atoms with Crippen molar-refractivity contribution >= 4 is 51.4 Å². The number of nitrogens with zero attached hydrogens (tertiary/aromatic N) is 2. The Bertz CT molecular complexity index is 1330. The number of aromatic nitrogens is 3. The van der Waals surface area contributed by atoms with Crippen molar-refractivity contribution in [2.75, 3.05) is 7.11 Å². The van der Waals surface area contributed by atoms with E-state index in [1.54, 1.807) is 43.5 Å². The van der Waals surface area contributed by atoms with Gasteiger partial charge >= 0.3 is 11.2 Å². The third-order valence-corrected chi connectivity index (χ3v) is 4.67. The molecule has 0 spiro atoms. The van der Waals surface area contributed by atoms with Gasteiger partial charge in [0.05, 0.1) is 23.9 Å². The lowest BCUT2D eigenvalue weighted by Crippen LogP contribution is -2.32. The predicted octanol–water partition coefficient (Wildman–Crippen LogP) is 3.37. The van der Waals surface area contributed by atoms with Crippen molar-refractivity contribution in [3.63, 3.8) is 0 Å². The lowest BCUT2D eigenvalue weighted by Gasteiger charge is -2.00. The number of methoxy groups -OCH3 is 1. The van der Waals surface area contributed by atoms with E-state index in [-0.39, 0.29) is 5.52 Å². The first-order valence-corrected chi connectivity index (χ1v) is 8.57. The summed E-state index contributed by atoms with van der Waals surface area (Å²) < 4.78 is 5.93. The van der Waals surface area contributed by atoms with E-state index >= 15 is 0 Å². The number of hydrogen-bond acceptors (Lipinski definition) is 4. The van der Waals surface area contributed by atoms with Crippen molar-refractivity contribution in [2.24, 2.45) is 5.10 Å². The number of fused-ring (bicyclic) bond motifs is 3. The molecule has 0 fully saturated rings. The maximum Gasteiger partial charge on any atom is 0.350 e. The highest BCUT2D eigenvalue weighted by Gasteiger charge is 2.13. The molecule has 27 heavy (non-hydrogen) atoms. The Hall–Kier alpha value is -3.03. The molecule has 0 amide bonds. The molecule has 7 nitrogen and oxygen atoms in total. The topological polar surface area (TPSA) is 92.2 Å². The van der Waals surface area contributed by atoms with E-state index in [1.165, 1.54) is 6.21 Å². The Kier molecular flexibility index (Phi) is 4.25. The van der Waals surface area contributed by atoms with Gasteiger partial charge in [0.25, 0.3) is 0 Å². The van der Waals surface area contributed by atoms with Crippen molar-refractivity contribution in [3.8, 4) is 5.75 Å². The molecule has 0 saturated carbocycles. The Labute approximate surface area is 161 Å². The van der Waals surface area contributed by atoms with Gasteiger partial charge < -0.3 is 14.7 Å². The number of hydrogen-bond donors (Lipinski definition) is 2. The molecule has 0 aliphatic heterocycles. The summed E-state index contributed by atoms with van der Waals surface area (Å²) in [5.41, 5.74) is 0.602. The predicted molar refractivity (Wildman–Crippen MR) is 107 cm³/mol. The number of ether oxygens (including phenoxy) is 1. The van der Waals surface area contributed by atoms with Gasteiger partial charge in [-0.1, -0.05) is 29.3 Å². The molecular weight excluding hydrogens is 391 g/mol. The molecule has 0 unspecified atom stereocenters. The molecule has 4 aromatic rings. The van der Waals surface area contributed by atoms with Crippen LogP contribution in [0.2, 0.25) is 10.0 Å². The van der Waals surface area contributed by atoms with E-state index < -0.39 is 11.2 Å². The molecule has 4 rings (SSSR count). The van der Waals surface area contributed by atoms with Crippen molar-refractivity contribution in [1.29, 1.82) is 0 Å². The smallest absolute Gasteiger partial charge is 0.350 e. The van der Waals surface area contributed by atoms with E-state index in [9.17, 15) is 9.59 Å². The van der Waals surface area contributed by atoms with E-state index in [0.29, 0.717) is 37.8 Å². The number of aromatic amines is 2. The minimum Gasteiger partial charge on any atom is -0.497 e. The molecule has 2 N–H and O–H groups in total. The van der Waals surface area contributed by atoms with Crippen molar-refractivity contribution < 1.29 is 4.74 Å². The van der Waals surface area contributed by atoms with Gasteiger partial charge in [-0.05, 0) is 30.3 Å². The first-order valence-electron chi connectivity index (χ1n) is 7.82. The SMILES string of the molecule is COc1ccc2[nH]c3c(=O)n(/N=C\c4ccc(Cl)cc4Cl)c(=O)[nH]c3c2c1. The third kappa shape index (κ3) is 3.01. The summed E-state index contributed by atoms with van der Waals surface area (Å²) in [6.45, 7) is 0. The van der Waals surface area contributed by atoms with Crippen LogP contribution in [0, 0.1) is 0 Å². The van der Waals surface area contributed by atoms with Crippen LogP contribution in [0.5, 0.6) is 5.75 Å². The summed E-state index contributed by atoms with van der Waals surface area (Å²) in [5, 5.41) is 5.49. The van der Waals surface area contributed by atoms with Crippen molar-refractivity contribution in [2.45, 2.75) is 0 Å². The van der Waals surface area contributed by atoms with Crippen LogP contribution in [-0.2, 0) is 0 Å². The first-order chi connectivity index (χ1) is 13.0. The fourth-order valence-electron chi connectivity index (χ4n) is 2.78. The summed E-state index contributed by atoms with van der Waals surface area (Å²) in [4.78, 5) is 30.8. The Morgan fingerprint density at radius 1 is 1.07 bits per heavy atom. The normalized spacial score (nSPS) is 11.7. The second-order valence-electron chi connectivity index (χ2n) is 5.74. The molecule has 0 saturated heterocycles. The van der Waals surface area contributed by atoms with Crippen LogP contribution in [0.4, 0.5) is 0 Å². The van der Waals surface area contributed by atoms with E-state index in [2.05, 4.69) is 15.1 Å². The summed E-state index contributed by atoms with van der Waals surface area (Å²) >= 11 is 11.9. The third-order valence-electron chi connectivity index (χ3n) is 4.11. The number of benzene rings is 2. The van der Waals surface area contributed by atoms with Crippen LogP contribution in [0.1, 0.15) is 5.56 Å². The minimum atomic E-state index is -0.669. The van der Waals surface area contributed by atoms with Gasteiger partial charge in [-0.15, -0.1) is 4.68 Å². The lowest BCUT2D eigenvalue weighted by molar-refractivity contribution is 0.415. The molecule has 9 heteroatoms. The highest BCUT2D eigenvalue weighted by molar-refractivity contribution is 6.36. The zero-order valence-corrected chi connectivity index (χ0v) is 15.4. The fraction of sp³-hybridized carbons (Fsp3) is 0.0556. The van der Waals surface area contributed by atoms with Gasteiger partial charge in [0.1, 0.15) is 11.3 Å². The number of halogens is 2. The number of rotatable bonds is 3. The van der Waals surface area contributed by atoms with Gasteiger partial charge in [0.15, 0.2) is 0 Å². The maximum atomic E-state index is 12.7. The molecular formula is C18H12Cl2N4O3. The van der Waals surface area contributed by atoms with Crippen LogP contribution in [0.25, 0.3) is 21.9 Å². The molecule has 0 aliphatic carbocycles. The van der Waals surface area contributed by atoms with Crippen molar-refractivity contribution in [3.05, 3.63) is 72.8 Å². The monoisotopic (exact) mass is 402 g/mol. The van der Waals surface area contributed by atoms with E-state index in [1.807, 2.05) is 0 Å².